The molecule has 0 fully saturated rings. The van der Waals surface area contributed by atoms with Crippen molar-refractivity contribution in [2.45, 2.75) is 101 Å². The van der Waals surface area contributed by atoms with E-state index in [-0.39, 0.29) is 11.5 Å². The fourth-order valence-corrected chi connectivity index (χ4v) is 4.78. The number of hydrogen-bond acceptors (Lipinski definition) is 7. The average Bonchev–Trinajstić information content (AvgIpc) is 2.89. The first kappa shape index (κ1) is 30.6. The quantitative estimate of drug-likeness (QED) is 0.148. The Morgan fingerprint density at radius 1 is 0.622 bits per heavy atom. The molecule has 0 saturated carbocycles. The number of esters is 2. The number of phenolic OH excluding ortho intramolecular Hbond substituents is 2. The van der Waals surface area contributed by atoms with E-state index in [0.717, 1.165) is 50.3 Å². The van der Waals surface area contributed by atoms with E-state index in [1.54, 1.807) is 0 Å². The van der Waals surface area contributed by atoms with Crippen molar-refractivity contribution in [3.63, 3.8) is 0 Å². The largest absolute Gasteiger partial charge is 0.507 e. The van der Waals surface area contributed by atoms with Gasteiger partial charge in [-0.3, -0.25) is 0 Å². The lowest BCUT2D eigenvalue weighted by Gasteiger charge is -2.11. The number of unbranched alkanes of at least 4 members (excludes halogenated alkanes) is 10. The third kappa shape index (κ3) is 11.5. The minimum absolute atomic E-state index is 0.0343. The number of ether oxygens (including phenoxy) is 2. The van der Waals surface area contributed by atoms with Gasteiger partial charge in [-0.15, -0.1) is 0 Å². The van der Waals surface area contributed by atoms with Crippen LogP contribution in [0.5, 0.6) is 11.5 Å². The maximum atomic E-state index is 12.5. The van der Waals surface area contributed by atoms with Gasteiger partial charge >= 0.3 is 11.9 Å². The lowest BCUT2D eigenvalue weighted by molar-refractivity contribution is 0.0488. The zero-order valence-electron chi connectivity index (χ0n) is 22.3. The Balaban J connectivity index is 1.92. The van der Waals surface area contributed by atoms with Crippen molar-refractivity contribution in [3.8, 4) is 11.5 Å². The fraction of sp³-hybridized carbons (Fsp3) is 0.533. The van der Waals surface area contributed by atoms with Crippen molar-refractivity contribution < 1.29 is 29.3 Å². The zero-order chi connectivity index (χ0) is 26.9. The maximum absolute atomic E-state index is 12.5. The molecule has 0 radical (unpaired) electrons. The summed E-state index contributed by atoms with van der Waals surface area (Å²) in [6, 6.07) is 8.95. The molecule has 0 spiro atoms. The molecule has 0 saturated heterocycles. The summed E-state index contributed by atoms with van der Waals surface area (Å²) in [5, 5.41) is 20.7. The van der Waals surface area contributed by atoms with Crippen LogP contribution in [0.2, 0.25) is 0 Å². The molecule has 2 N–H and O–H groups in total. The summed E-state index contributed by atoms with van der Waals surface area (Å²) in [7, 11) is 0. The first-order chi connectivity index (χ1) is 18.0. The van der Waals surface area contributed by atoms with Crippen LogP contribution in [0.25, 0.3) is 0 Å². The smallest absolute Gasteiger partial charge is 0.338 e. The maximum Gasteiger partial charge on any atom is 0.338 e. The first-order valence-corrected chi connectivity index (χ1v) is 14.5. The van der Waals surface area contributed by atoms with E-state index in [4.69, 9.17) is 9.47 Å². The van der Waals surface area contributed by atoms with E-state index in [9.17, 15) is 19.8 Å². The average molecular weight is 531 g/mol. The number of carbonyl (C=O) groups excluding carboxylic acids is 2. The number of carbonyl (C=O) groups is 2. The predicted octanol–water partition coefficient (Wildman–Crippen LogP) is 8.28. The molecule has 0 aliphatic rings. The third-order valence-corrected chi connectivity index (χ3v) is 7.17. The van der Waals surface area contributed by atoms with Crippen LogP contribution in [0.1, 0.15) is 112 Å². The van der Waals surface area contributed by atoms with Crippen molar-refractivity contribution in [3.05, 3.63) is 47.5 Å². The second-order valence-corrected chi connectivity index (χ2v) is 10.4. The summed E-state index contributed by atoms with van der Waals surface area (Å²) < 4.78 is 10.8. The Morgan fingerprint density at radius 3 is 1.41 bits per heavy atom. The molecule has 2 aromatic carbocycles. The van der Waals surface area contributed by atoms with E-state index in [1.807, 2.05) is 0 Å². The van der Waals surface area contributed by atoms with Gasteiger partial charge in [0.1, 0.15) is 11.5 Å². The van der Waals surface area contributed by atoms with Gasteiger partial charge in [0.25, 0.3) is 0 Å². The lowest BCUT2D eigenvalue weighted by atomic mass is 10.1. The van der Waals surface area contributed by atoms with Crippen molar-refractivity contribution in [1.82, 2.24) is 0 Å². The van der Waals surface area contributed by atoms with Crippen molar-refractivity contribution >= 4 is 23.7 Å². The highest BCUT2D eigenvalue weighted by Crippen LogP contribution is 2.39. The van der Waals surface area contributed by atoms with E-state index < -0.39 is 11.9 Å². The van der Waals surface area contributed by atoms with E-state index in [2.05, 4.69) is 13.8 Å². The number of aromatic hydroxyl groups is 2. The Hall–Kier alpha value is -2.67. The van der Waals surface area contributed by atoms with Crippen LogP contribution in [-0.4, -0.2) is 35.4 Å². The van der Waals surface area contributed by atoms with E-state index in [0.29, 0.717) is 34.1 Å². The van der Waals surface area contributed by atoms with Crippen molar-refractivity contribution in [1.29, 1.82) is 0 Å². The van der Waals surface area contributed by atoms with Crippen LogP contribution in [0, 0.1) is 0 Å². The van der Waals surface area contributed by atoms with Crippen LogP contribution < -0.4 is 0 Å². The molecule has 0 aromatic heterocycles. The van der Waals surface area contributed by atoms with Gasteiger partial charge in [-0.1, -0.05) is 89.8 Å². The van der Waals surface area contributed by atoms with Gasteiger partial charge in [0.2, 0.25) is 0 Å². The standard InChI is InChI=1S/C30H42O6S/c1-3-5-7-9-11-13-19-35-29(33)23-15-17-25(31)27(21-23)37-28-22-24(16-18-26(28)32)30(34)36-20-14-12-10-8-6-4-2/h15-18,21-22,31-32H,3-14,19-20H2,1-2H3. The van der Waals surface area contributed by atoms with Gasteiger partial charge in [0, 0.05) is 0 Å². The van der Waals surface area contributed by atoms with E-state index >= 15 is 0 Å². The summed E-state index contributed by atoms with van der Waals surface area (Å²) in [5.74, 6) is -0.973. The fourth-order valence-electron chi connectivity index (χ4n) is 3.83. The molecule has 0 amide bonds. The topological polar surface area (TPSA) is 93.1 Å². The molecule has 6 nitrogen and oxygen atoms in total. The number of hydrogen-bond donors (Lipinski definition) is 2. The number of rotatable bonds is 18. The molecular formula is C30H42O6S. The Kier molecular flexibility index (Phi) is 14.6. The molecule has 37 heavy (non-hydrogen) atoms. The van der Waals surface area contributed by atoms with Gasteiger partial charge in [-0.2, -0.15) is 0 Å². The monoisotopic (exact) mass is 530 g/mol. The lowest BCUT2D eigenvalue weighted by Crippen LogP contribution is -2.07. The molecule has 0 aliphatic heterocycles. The number of benzene rings is 2. The van der Waals surface area contributed by atoms with Crippen LogP contribution in [0.4, 0.5) is 0 Å². The minimum Gasteiger partial charge on any atom is -0.507 e. The molecular weight excluding hydrogens is 488 g/mol. The van der Waals surface area contributed by atoms with Gasteiger partial charge in [0.05, 0.1) is 34.1 Å². The Bertz CT molecular complexity index is 897. The van der Waals surface area contributed by atoms with Crippen LogP contribution in [0.15, 0.2) is 46.2 Å². The predicted molar refractivity (Wildman–Crippen MR) is 148 cm³/mol. The van der Waals surface area contributed by atoms with Gasteiger partial charge in [-0.25, -0.2) is 9.59 Å². The summed E-state index contributed by atoms with van der Waals surface area (Å²) in [4.78, 5) is 25.7. The van der Waals surface area contributed by atoms with Gasteiger partial charge in [-0.05, 0) is 49.2 Å². The number of phenols is 2. The van der Waals surface area contributed by atoms with Gasteiger partial charge < -0.3 is 19.7 Å². The highest BCUT2D eigenvalue weighted by atomic mass is 32.2. The van der Waals surface area contributed by atoms with Crippen LogP contribution in [0.3, 0.4) is 0 Å². The first-order valence-electron chi connectivity index (χ1n) is 13.6. The summed E-state index contributed by atoms with van der Waals surface area (Å²) in [5.41, 5.74) is 0.639. The molecule has 0 atom stereocenters. The van der Waals surface area contributed by atoms with E-state index in [1.165, 1.54) is 74.9 Å². The molecule has 2 aromatic rings. The second-order valence-electron chi connectivity index (χ2n) is 9.27. The highest BCUT2D eigenvalue weighted by molar-refractivity contribution is 7.99. The third-order valence-electron chi connectivity index (χ3n) is 6.07. The summed E-state index contributed by atoms with van der Waals surface area (Å²) >= 11 is 1.07. The molecule has 2 rings (SSSR count). The van der Waals surface area contributed by atoms with Crippen LogP contribution in [-0.2, 0) is 9.47 Å². The molecule has 0 aliphatic carbocycles. The van der Waals surface area contributed by atoms with Crippen molar-refractivity contribution in [2.24, 2.45) is 0 Å². The van der Waals surface area contributed by atoms with Crippen molar-refractivity contribution in [2.75, 3.05) is 13.2 Å². The summed E-state index contributed by atoms with van der Waals surface area (Å²) in [6.07, 6.45) is 13.2. The molecule has 0 unspecified atom stereocenters. The SMILES string of the molecule is CCCCCCCCOC(=O)c1ccc(O)c(Sc2cc(C(=O)OCCCCCCCC)ccc2O)c1. The molecule has 0 heterocycles. The summed E-state index contributed by atoms with van der Waals surface area (Å²) in [6.45, 7) is 5.07. The Morgan fingerprint density at radius 2 is 1.00 bits per heavy atom. The minimum atomic E-state index is -0.452. The molecule has 0 bridgehead atoms. The highest BCUT2D eigenvalue weighted by Gasteiger charge is 2.16. The second kappa shape index (κ2) is 17.7. The van der Waals surface area contributed by atoms with Crippen LogP contribution >= 0.6 is 11.8 Å². The molecule has 7 heteroatoms. The molecule has 204 valence electrons. The van der Waals surface area contributed by atoms with Gasteiger partial charge in [0.15, 0.2) is 0 Å². The Labute approximate surface area is 225 Å². The normalized spacial score (nSPS) is 10.9. The zero-order valence-corrected chi connectivity index (χ0v) is 23.1.